The Balaban J connectivity index is 1.80. The van der Waals surface area contributed by atoms with Gasteiger partial charge in [-0.25, -0.2) is 4.98 Å². The van der Waals surface area contributed by atoms with Crippen molar-refractivity contribution in [3.8, 4) is 0 Å². The van der Waals surface area contributed by atoms with E-state index in [1.165, 1.54) is 0 Å². The molecule has 144 valence electrons. The molecule has 0 saturated carbocycles. The van der Waals surface area contributed by atoms with E-state index in [2.05, 4.69) is 27.7 Å². The third-order valence-electron chi connectivity index (χ3n) is 5.06. The number of hydrogen-bond acceptors (Lipinski definition) is 4. The summed E-state index contributed by atoms with van der Waals surface area (Å²) in [5.74, 6) is 1.82. The van der Waals surface area contributed by atoms with Crippen molar-refractivity contribution >= 4 is 17.7 Å². The molecule has 0 saturated heterocycles. The Hall–Kier alpha value is -1.30. The maximum Gasteiger partial charge on any atom is 0.257 e. The molecule has 0 N–H and O–H groups in total. The van der Waals surface area contributed by atoms with Crippen molar-refractivity contribution in [3.63, 3.8) is 0 Å². The van der Waals surface area contributed by atoms with Crippen molar-refractivity contribution < 1.29 is 4.79 Å². The second kappa shape index (κ2) is 8.15. The van der Waals surface area contributed by atoms with Gasteiger partial charge in [0.1, 0.15) is 0 Å². The van der Waals surface area contributed by atoms with E-state index in [9.17, 15) is 9.59 Å². The zero-order valence-electron chi connectivity index (χ0n) is 16.5. The summed E-state index contributed by atoms with van der Waals surface area (Å²) < 4.78 is 1.82. The van der Waals surface area contributed by atoms with Gasteiger partial charge in [0.05, 0.1) is 11.7 Å². The Bertz CT molecular complexity index is 717. The highest BCUT2D eigenvalue weighted by Gasteiger charge is 2.31. The van der Waals surface area contributed by atoms with Crippen LogP contribution in [0, 0.1) is 11.8 Å². The molecule has 1 aliphatic carbocycles. The molecule has 3 rings (SSSR count). The van der Waals surface area contributed by atoms with E-state index >= 15 is 0 Å². The second-order valence-electron chi connectivity index (χ2n) is 8.46. The van der Waals surface area contributed by atoms with E-state index in [-0.39, 0.29) is 17.5 Å². The van der Waals surface area contributed by atoms with Crippen molar-refractivity contribution in [2.75, 3.05) is 18.8 Å². The molecule has 0 aromatic carbocycles. The standard InChI is InChI=1S/C20H31N3O2S/c1-13(2)10-22(11-14(3)4)18(24)9-15-12-26-20-21-17-8-6-5-7-16(17)19(25)23(15)20/h13-15H,5-12H2,1-4H3. The molecular weight excluding hydrogens is 346 g/mol. The molecule has 2 aliphatic rings. The Labute approximate surface area is 160 Å². The van der Waals surface area contributed by atoms with Gasteiger partial charge in [0.15, 0.2) is 5.16 Å². The van der Waals surface area contributed by atoms with Gasteiger partial charge in [0, 0.05) is 30.8 Å². The summed E-state index contributed by atoms with van der Waals surface area (Å²) in [7, 11) is 0. The highest BCUT2D eigenvalue weighted by Crippen LogP contribution is 2.34. The summed E-state index contributed by atoms with van der Waals surface area (Å²) >= 11 is 1.63. The topological polar surface area (TPSA) is 55.2 Å². The number of rotatable bonds is 6. The van der Waals surface area contributed by atoms with Crippen LogP contribution in [-0.2, 0) is 17.6 Å². The average molecular weight is 378 g/mol. The van der Waals surface area contributed by atoms with Crippen molar-refractivity contribution in [1.82, 2.24) is 14.5 Å². The summed E-state index contributed by atoms with van der Waals surface area (Å²) in [6, 6.07) is -0.0587. The lowest BCUT2D eigenvalue weighted by Crippen LogP contribution is -2.39. The molecule has 1 aliphatic heterocycles. The minimum Gasteiger partial charge on any atom is -0.342 e. The van der Waals surface area contributed by atoms with Crippen LogP contribution in [0.5, 0.6) is 0 Å². The van der Waals surface area contributed by atoms with E-state index in [0.29, 0.717) is 18.3 Å². The fraction of sp³-hybridized carbons (Fsp3) is 0.750. The summed E-state index contributed by atoms with van der Waals surface area (Å²) in [4.78, 5) is 32.7. The van der Waals surface area contributed by atoms with Crippen molar-refractivity contribution in [3.05, 3.63) is 21.6 Å². The fourth-order valence-electron chi connectivity index (χ4n) is 3.95. The summed E-state index contributed by atoms with van der Waals surface area (Å²) in [5.41, 5.74) is 1.99. The molecule has 0 spiro atoms. The van der Waals surface area contributed by atoms with Gasteiger partial charge >= 0.3 is 0 Å². The van der Waals surface area contributed by atoms with Crippen molar-refractivity contribution in [2.45, 2.75) is 71.0 Å². The molecule has 5 nitrogen and oxygen atoms in total. The fourth-order valence-corrected chi connectivity index (χ4v) is 5.11. The monoisotopic (exact) mass is 377 g/mol. The summed E-state index contributed by atoms with van der Waals surface area (Å²) in [6.07, 6.45) is 4.34. The normalized spacial score (nSPS) is 18.9. The Morgan fingerprint density at radius 3 is 2.50 bits per heavy atom. The number of fused-ring (bicyclic) bond motifs is 2. The number of hydrogen-bond donors (Lipinski definition) is 0. The number of amides is 1. The molecule has 0 radical (unpaired) electrons. The van der Waals surface area contributed by atoms with Gasteiger partial charge in [0.2, 0.25) is 5.91 Å². The van der Waals surface area contributed by atoms with Crippen LogP contribution in [0.1, 0.15) is 64.3 Å². The maximum absolute atomic E-state index is 13.0. The van der Waals surface area contributed by atoms with E-state index < -0.39 is 0 Å². The smallest absolute Gasteiger partial charge is 0.257 e. The molecule has 26 heavy (non-hydrogen) atoms. The predicted octanol–water partition coefficient (Wildman–Crippen LogP) is 3.30. The third kappa shape index (κ3) is 4.16. The first-order valence-electron chi connectivity index (χ1n) is 9.91. The van der Waals surface area contributed by atoms with Gasteiger partial charge in [-0.05, 0) is 37.5 Å². The first kappa shape index (κ1) is 19.5. The maximum atomic E-state index is 13.0. The minimum absolute atomic E-state index is 0.0587. The highest BCUT2D eigenvalue weighted by atomic mass is 32.2. The molecule has 0 fully saturated rings. The number of aryl methyl sites for hydroxylation is 1. The zero-order chi connectivity index (χ0) is 18.8. The van der Waals surface area contributed by atoms with E-state index in [1.54, 1.807) is 11.8 Å². The molecule has 1 aromatic heterocycles. The first-order chi connectivity index (χ1) is 12.4. The molecule has 1 aromatic rings. The van der Waals surface area contributed by atoms with Gasteiger partial charge in [-0.3, -0.25) is 14.2 Å². The van der Waals surface area contributed by atoms with E-state index in [1.807, 2.05) is 9.47 Å². The van der Waals surface area contributed by atoms with Crippen LogP contribution in [0.15, 0.2) is 9.95 Å². The van der Waals surface area contributed by atoms with Gasteiger partial charge in [-0.2, -0.15) is 0 Å². The Kier molecular flexibility index (Phi) is 6.10. The lowest BCUT2D eigenvalue weighted by atomic mass is 9.97. The van der Waals surface area contributed by atoms with E-state index in [4.69, 9.17) is 4.98 Å². The van der Waals surface area contributed by atoms with Crippen LogP contribution >= 0.6 is 11.8 Å². The Morgan fingerprint density at radius 2 is 1.85 bits per heavy atom. The first-order valence-corrected chi connectivity index (χ1v) is 10.9. The van der Waals surface area contributed by atoms with Gasteiger partial charge < -0.3 is 4.90 Å². The molecule has 2 heterocycles. The van der Waals surface area contributed by atoms with Gasteiger partial charge in [0.25, 0.3) is 5.56 Å². The molecule has 1 atom stereocenters. The Morgan fingerprint density at radius 1 is 1.19 bits per heavy atom. The van der Waals surface area contributed by atoms with Crippen LogP contribution in [0.4, 0.5) is 0 Å². The van der Waals surface area contributed by atoms with Crippen LogP contribution in [0.25, 0.3) is 0 Å². The molecule has 1 unspecified atom stereocenters. The SMILES string of the molecule is CC(C)CN(CC(C)C)C(=O)CC1CSc2nc3c(c(=O)n21)CCCC3. The third-order valence-corrected chi connectivity index (χ3v) is 6.15. The zero-order valence-corrected chi connectivity index (χ0v) is 17.3. The van der Waals surface area contributed by atoms with E-state index in [0.717, 1.165) is 60.9 Å². The molecule has 0 bridgehead atoms. The number of thioether (sulfide) groups is 1. The quantitative estimate of drug-likeness (QED) is 0.714. The molecule has 1 amide bonds. The summed E-state index contributed by atoms with van der Waals surface area (Å²) in [5, 5.41) is 0.813. The van der Waals surface area contributed by atoms with Crippen molar-refractivity contribution in [1.29, 1.82) is 0 Å². The number of nitrogens with zero attached hydrogens (tertiary/aromatic N) is 3. The minimum atomic E-state index is -0.0587. The average Bonchev–Trinajstić information content (AvgIpc) is 2.96. The van der Waals surface area contributed by atoms with Crippen LogP contribution in [0.3, 0.4) is 0 Å². The van der Waals surface area contributed by atoms with Crippen molar-refractivity contribution in [2.24, 2.45) is 11.8 Å². The van der Waals surface area contributed by atoms with Crippen LogP contribution in [0.2, 0.25) is 0 Å². The lowest BCUT2D eigenvalue weighted by Gasteiger charge is -2.28. The van der Waals surface area contributed by atoms with Crippen LogP contribution in [-0.4, -0.2) is 39.2 Å². The molecule has 6 heteroatoms. The molecular formula is C20H31N3O2S. The number of aromatic nitrogens is 2. The highest BCUT2D eigenvalue weighted by molar-refractivity contribution is 7.99. The lowest BCUT2D eigenvalue weighted by molar-refractivity contribution is -0.133. The predicted molar refractivity (Wildman–Crippen MR) is 106 cm³/mol. The second-order valence-corrected chi connectivity index (χ2v) is 9.44. The van der Waals surface area contributed by atoms with Crippen LogP contribution < -0.4 is 5.56 Å². The van der Waals surface area contributed by atoms with Gasteiger partial charge in [-0.1, -0.05) is 39.5 Å². The van der Waals surface area contributed by atoms with Gasteiger partial charge in [-0.15, -0.1) is 0 Å². The largest absolute Gasteiger partial charge is 0.342 e. The number of carbonyl (C=O) groups excluding carboxylic acids is 1. The number of carbonyl (C=O) groups is 1. The summed E-state index contributed by atoms with van der Waals surface area (Å²) in [6.45, 7) is 10.1.